The molecule has 6 heteroatoms. The lowest BCUT2D eigenvalue weighted by atomic mass is 10.1. The van der Waals surface area contributed by atoms with Crippen LogP contribution in [-0.4, -0.2) is 15.7 Å². The zero-order valence-corrected chi connectivity index (χ0v) is 13.9. The number of rotatable bonds is 4. The van der Waals surface area contributed by atoms with Crippen LogP contribution in [0, 0.1) is 13.8 Å². The van der Waals surface area contributed by atoms with E-state index in [4.69, 9.17) is 10.5 Å². The van der Waals surface area contributed by atoms with Crippen molar-refractivity contribution in [3.63, 3.8) is 0 Å². The Morgan fingerprint density at radius 3 is 2.76 bits per heavy atom. The molecule has 2 aromatic rings. The van der Waals surface area contributed by atoms with Crippen LogP contribution in [0.4, 0.5) is 5.69 Å². The number of aromatic nitrogens is 2. The molecule has 0 spiro atoms. The maximum Gasteiger partial charge on any atom is 0.340 e. The maximum atomic E-state index is 12.2. The smallest absolute Gasteiger partial charge is 0.340 e. The highest BCUT2D eigenvalue weighted by molar-refractivity contribution is 9.10. The Kier molecular flexibility index (Phi) is 4.67. The molecule has 0 aliphatic rings. The standard InChI is InChI=1S/C15H18BrN3O2/c1-4-19-12(14(16)10(3)18-19)8-21-15(20)13-9(2)6-5-7-11(13)17/h5-7H,4,8,17H2,1-3H3. The molecule has 5 nitrogen and oxygen atoms in total. The summed E-state index contributed by atoms with van der Waals surface area (Å²) < 4.78 is 8.09. The first-order valence-electron chi connectivity index (χ1n) is 6.69. The normalized spacial score (nSPS) is 10.7. The Labute approximate surface area is 132 Å². The number of nitrogen functional groups attached to an aromatic ring is 1. The number of halogens is 1. The summed E-state index contributed by atoms with van der Waals surface area (Å²) in [6, 6.07) is 5.34. The van der Waals surface area contributed by atoms with Crippen molar-refractivity contribution in [2.24, 2.45) is 0 Å². The van der Waals surface area contributed by atoms with Crippen molar-refractivity contribution in [3.8, 4) is 0 Å². The van der Waals surface area contributed by atoms with E-state index in [1.807, 2.05) is 37.6 Å². The van der Waals surface area contributed by atoms with E-state index in [2.05, 4.69) is 21.0 Å². The number of anilines is 1. The molecular formula is C15H18BrN3O2. The van der Waals surface area contributed by atoms with Gasteiger partial charge >= 0.3 is 5.97 Å². The molecular weight excluding hydrogens is 334 g/mol. The summed E-state index contributed by atoms with van der Waals surface area (Å²) >= 11 is 3.48. The van der Waals surface area contributed by atoms with Crippen LogP contribution in [0.15, 0.2) is 22.7 Å². The fraction of sp³-hybridized carbons (Fsp3) is 0.333. The Balaban J connectivity index is 2.19. The minimum Gasteiger partial charge on any atom is -0.455 e. The lowest BCUT2D eigenvalue weighted by molar-refractivity contribution is 0.0462. The maximum absolute atomic E-state index is 12.2. The number of hydrogen-bond acceptors (Lipinski definition) is 4. The minimum absolute atomic E-state index is 0.155. The fourth-order valence-corrected chi connectivity index (χ4v) is 2.58. The number of nitrogens with two attached hydrogens (primary N) is 1. The van der Waals surface area contributed by atoms with Gasteiger partial charge in [0.2, 0.25) is 0 Å². The van der Waals surface area contributed by atoms with E-state index in [1.165, 1.54) is 0 Å². The van der Waals surface area contributed by atoms with Crippen molar-refractivity contribution >= 4 is 27.6 Å². The van der Waals surface area contributed by atoms with Gasteiger partial charge in [-0.05, 0) is 48.3 Å². The number of ether oxygens (including phenoxy) is 1. The molecule has 0 fully saturated rings. The van der Waals surface area contributed by atoms with Crippen LogP contribution >= 0.6 is 15.9 Å². The monoisotopic (exact) mass is 351 g/mol. The number of nitrogens with zero attached hydrogens (tertiary/aromatic N) is 2. The van der Waals surface area contributed by atoms with E-state index in [0.29, 0.717) is 17.8 Å². The molecule has 0 aliphatic carbocycles. The van der Waals surface area contributed by atoms with Crippen molar-refractivity contribution in [2.75, 3.05) is 5.73 Å². The second-order valence-corrected chi connectivity index (χ2v) is 5.57. The van der Waals surface area contributed by atoms with E-state index in [9.17, 15) is 4.79 Å². The van der Waals surface area contributed by atoms with Crippen molar-refractivity contribution in [3.05, 3.63) is 45.2 Å². The van der Waals surface area contributed by atoms with Gasteiger partial charge in [-0.3, -0.25) is 4.68 Å². The molecule has 0 atom stereocenters. The lowest BCUT2D eigenvalue weighted by Crippen LogP contribution is -2.12. The van der Waals surface area contributed by atoms with Gasteiger partial charge in [-0.25, -0.2) is 4.79 Å². The van der Waals surface area contributed by atoms with Crippen molar-refractivity contribution < 1.29 is 9.53 Å². The average molecular weight is 352 g/mol. The predicted octanol–water partition coefficient (Wildman–Crippen LogP) is 3.22. The van der Waals surface area contributed by atoms with Crippen molar-refractivity contribution in [1.82, 2.24) is 9.78 Å². The molecule has 0 radical (unpaired) electrons. The molecule has 0 saturated heterocycles. The first kappa shape index (κ1) is 15.6. The third-order valence-corrected chi connectivity index (χ3v) is 4.33. The second-order valence-electron chi connectivity index (χ2n) is 4.78. The Morgan fingerprint density at radius 1 is 1.43 bits per heavy atom. The van der Waals surface area contributed by atoms with Crippen LogP contribution in [0.2, 0.25) is 0 Å². The highest BCUT2D eigenvalue weighted by atomic mass is 79.9. The number of benzene rings is 1. The summed E-state index contributed by atoms with van der Waals surface area (Å²) in [6.07, 6.45) is 0. The van der Waals surface area contributed by atoms with Gasteiger partial charge in [0.15, 0.2) is 0 Å². The summed E-state index contributed by atoms with van der Waals surface area (Å²) in [4.78, 5) is 12.2. The Bertz CT molecular complexity index is 660. The van der Waals surface area contributed by atoms with Crippen LogP contribution in [-0.2, 0) is 17.9 Å². The fourth-order valence-electron chi connectivity index (χ4n) is 2.18. The van der Waals surface area contributed by atoms with Crippen LogP contribution in [0.5, 0.6) is 0 Å². The number of esters is 1. The van der Waals surface area contributed by atoms with Gasteiger partial charge in [0.25, 0.3) is 0 Å². The summed E-state index contributed by atoms with van der Waals surface area (Å²) in [5, 5.41) is 4.37. The second kappa shape index (κ2) is 6.30. The molecule has 112 valence electrons. The third-order valence-electron chi connectivity index (χ3n) is 3.30. The van der Waals surface area contributed by atoms with Crippen LogP contribution in [0.1, 0.15) is 34.2 Å². The number of hydrogen-bond donors (Lipinski definition) is 1. The quantitative estimate of drug-likeness (QED) is 0.678. The van der Waals surface area contributed by atoms with Gasteiger partial charge < -0.3 is 10.5 Å². The molecule has 2 rings (SSSR count). The zero-order chi connectivity index (χ0) is 15.6. The van der Waals surface area contributed by atoms with Gasteiger partial charge in [-0.15, -0.1) is 0 Å². The van der Waals surface area contributed by atoms with Crippen LogP contribution in [0.3, 0.4) is 0 Å². The summed E-state index contributed by atoms with van der Waals surface area (Å²) in [5.74, 6) is -0.418. The van der Waals surface area contributed by atoms with Crippen LogP contribution < -0.4 is 5.73 Å². The molecule has 2 N–H and O–H groups in total. The number of aryl methyl sites for hydroxylation is 3. The summed E-state index contributed by atoms with van der Waals surface area (Å²) in [7, 11) is 0. The van der Waals surface area contributed by atoms with E-state index < -0.39 is 5.97 Å². The number of carbonyl (C=O) groups is 1. The molecule has 21 heavy (non-hydrogen) atoms. The SMILES string of the molecule is CCn1nc(C)c(Br)c1COC(=O)c1c(C)cccc1N. The first-order valence-corrected chi connectivity index (χ1v) is 7.49. The van der Waals surface area contributed by atoms with Crippen LogP contribution in [0.25, 0.3) is 0 Å². The van der Waals surface area contributed by atoms with E-state index >= 15 is 0 Å². The topological polar surface area (TPSA) is 70.1 Å². The van der Waals surface area contributed by atoms with Gasteiger partial charge in [-0.2, -0.15) is 5.10 Å². The minimum atomic E-state index is -0.418. The molecule has 1 heterocycles. The predicted molar refractivity (Wildman–Crippen MR) is 85.0 cm³/mol. The third kappa shape index (κ3) is 3.10. The van der Waals surface area contributed by atoms with Gasteiger partial charge in [0.1, 0.15) is 6.61 Å². The Morgan fingerprint density at radius 2 is 2.14 bits per heavy atom. The molecule has 0 unspecified atom stereocenters. The largest absolute Gasteiger partial charge is 0.455 e. The summed E-state index contributed by atoms with van der Waals surface area (Å²) in [5.41, 5.74) is 9.23. The van der Waals surface area contributed by atoms with E-state index in [-0.39, 0.29) is 6.61 Å². The average Bonchev–Trinajstić information content (AvgIpc) is 2.71. The Hall–Kier alpha value is -1.82. The van der Waals surface area contributed by atoms with E-state index in [0.717, 1.165) is 21.4 Å². The van der Waals surface area contributed by atoms with E-state index in [1.54, 1.807) is 6.07 Å². The molecule has 0 amide bonds. The van der Waals surface area contributed by atoms with Crippen molar-refractivity contribution in [2.45, 2.75) is 33.9 Å². The molecule has 1 aromatic heterocycles. The molecule has 1 aromatic carbocycles. The van der Waals surface area contributed by atoms with Gasteiger partial charge in [-0.1, -0.05) is 12.1 Å². The van der Waals surface area contributed by atoms with Gasteiger partial charge in [0, 0.05) is 12.2 Å². The number of carbonyl (C=O) groups excluding carboxylic acids is 1. The molecule has 0 aliphatic heterocycles. The first-order chi connectivity index (χ1) is 9.95. The lowest BCUT2D eigenvalue weighted by Gasteiger charge is -2.10. The zero-order valence-electron chi connectivity index (χ0n) is 12.3. The molecule has 0 saturated carbocycles. The highest BCUT2D eigenvalue weighted by Gasteiger charge is 2.17. The summed E-state index contributed by atoms with van der Waals surface area (Å²) in [6.45, 7) is 6.60. The highest BCUT2D eigenvalue weighted by Crippen LogP contribution is 2.23. The van der Waals surface area contributed by atoms with Gasteiger partial charge in [0.05, 0.1) is 21.4 Å². The molecule has 0 bridgehead atoms. The van der Waals surface area contributed by atoms with Crippen molar-refractivity contribution in [1.29, 1.82) is 0 Å².